The molecule has 0 radical (unpaired) electrons. The predicted molar refractivity (Wildman–Crippen MR) is 161 cm³/mol. The molecular weight excluding hydrogens is 484 g/mol. The van der Waals surface area contributed by atoms with Gasteiger partial charge >= 0.3 is 0 Å². The average molecular weight is 549 g/mol. The van der Waals surface area contributed by atoms with Crippen LogP contribution in [-0.2, 0) is 18.9 Å². The molecule has 0 aliphatic heterocycles. The Bertz CT molecular complexity index is 779. The van der Waals surface area contributed by atoms with Crippen LogP contribution in [-0.4, -0.2) is 49.8 Å². The Hall–Kier alpha value is -0.160. The molecule has 39 heavy (non-hydrogen) atoms. The van der Waals surface area contributed by atoms with E-state index in [0.717, 1.165) is 13.2 Å². The summed E-state index contributed by atoms with van der Waals surface area (Å²) in [5.41, 5.74) is 0.649. The highest BCUT2D eigenvalue weighted by molar-refractivity contribution is 5.14. The lowest BCUT2D eigenvalue weighted by Gasteiger charge is -2.65. The second-order valence-electron chi connectivity index (χ2n) is 15.8. The predicted octanol–water partition coefficient (Wildman–Crippen LogP) is 8.55. The van der Waals surface area contributed by atoms with Crippen molar-refractivity contribution < 1.29 is 18.9 Å². The molecule has 4 rings (SSSR count). The van der Waals surface area contributed by atoms with Crippen LogP contribution in [0.1, 0.15) is 121 Å². The van der Waals surface area contributed by atoms with Crippen molar-refractivity contribution in [2.24, 2.45) is 52.3 Å². The number of rotatable bonds is 11. The molecule has 0 amide bonds. The molecule has 0 bridgehead atoms. The summed E-state index contributed by atoms with van der Waals surface area (Å²) in [6.07, 6.45) is 10.8. The largest absolute Gasteiger partial charge is 0.379 e. The lowest BCUT2D eigenvalue weighted by atomic mass is 9.41. The molecule has 4 saturated carbocycles. The summed E-state index contributed by atoms with van der Waals surface area (Å²) < 4.78 is 26.1. The van der Waals surface area contributed by atoms with Crippen molar-refractivity contribution in [1.82, 2.24) is 0 Å². The molecule has 0 N–H and O–H groups in total. The molecule has 4 aliphatic carbocycles. The van der Waals surface area contributed by atoms with Crippen LogP contribution in [0.3, 0.4) is 0 Å². The summed E-state index contributed by atoms with van der Waals surface area (Å²) in [7, 11) is 0. The van der Waals surface area contributed by atoms with E-state index in [9.17, 15) is 0 Å². The fourth-order valence-corrected chi connectivity index (χ4v) is 10.3. The molecule has 0 aromatic heterocycles. The van der Waals surface area contributed by atoms with E-state index in [1.165, 1.54) is 44.9 Å². The molecule has 4 aliphatic rings. The van der Waals surface area contributed by atoms with E-state index in [1.54, 1.807) is 0 Å². The number of ether oxygens (including phenoxy) is 4. The van der Waals surface area contributed by atoms with Gasteiger partial charge < -0.3 is 18.9 Å². The lowest BCUT2D eigenvalue weighted by molar-refractivity contribution is -0.220. The molecule has 0 saturated heterocycles. The number of fused-ring (bicyclic) bond motifs is 5. The van der Waals surface area contributed by atoms with Gasteiger partial charge in [-0.2, -0.15) is 0 Å². The topological polar surface area (TPSA) is 36.9 Å². The minimum atomic E-state index is 0.273. The molecule has 228 valence electrons. The SMILES string of the molecule is CC(C)OCC1CC2C(C(OC(C)C)CC3CC(OC(C)C)CCC32C)C2CCC([C@H](C)COC(C)C)C12C. The molecule has 4 fully saturated rings. The third-order valence-electron chi connectivity index (χ3n) is 11.9. The van der Waals surface area contributed by atoms with Crippen LogP contribution >= 0.6 is 0 Å². The molecule has 10 unspecified atom stereocenters. The Morgan fingerprint density at radius 1 is 0.692 bits per heavy atom. The van der Waals surface area contributed by atoms with Gasteiger partial charge in [0.15, 0.2) is 0 Å². The van der Waals surface area contributed by atoms with Gasteiger partial charge in [-0.05, 0) is 153 Å². The van der Waals surface area contributed by atoms with Gasteiger partial charge in [-0.3, -0.25) is 0 Å². The summed E-state index contributed by atoms with van der Waals surface area (Å²) in [5.74, 6) is 4.60. The first-order valence-corrected chi connectivity index (χ1v) is 16.8. The average Bonchev–Trinajstić information content (AvgIpc) is 3.19. The standard InChI is InChI=1S/C35H64O4/c1-21(2)36-19-25(9)29-12-13-30-33-31(17-27(35(29,30)11)20-37-22(3)4)34(10)15-14-28(38-23(5)6)16-26(34)18-32(33)39-24(7)8/h21-33H,12-20H2,1-11H3/t25-,26?,27?,28?,29?,30?,31?,32?,33?,34?,35?/m1/s1. The molecule has 4 nitrogen and oxygen atoms in total. The van der Waals surface area contributed by atoms with E-state index < -0.39 is 0 Å². The van der Waals surface area contributed by atoms with E-state index in [1.807, 2.05) is 0 Å². The van der Waals surface area contributed by atoms with Crippen molar-refractivity contribution >= 4 is 0 Å². The van der Waals surface area contributed by atoms with E-state index >= 15 is 0 Å². The molecular formula is C35H64O4. The van der Waals surface area contributed by atoms with Gasteiger partial charge in [-0.25, -0.2) is 0 Å². The van der Waals surface area contributed by atoms with Gasteiger partial charge in [0.2, 0.25) is 0 Å². The van der Waals surface area contributed by atoms with Gasteiger partial charge in [0.05, 0.1) is 43.2 Å². The number of hydrogen-bond donors (Lipinski definition) is 0. The van der Waals surface area contributed by atoms with Gasteiger partial charge in [0.1, 0.15) is 0 Å². The summed E-state index contributed by atoms with van der Waals surface area (Å²) in [4.78, 5) is 0. The third-order valence-corrected chi connectivity index (χ3v) is 11.9. The minimum absolute atomic E-state index is 0.273. The van der Waals surface area contributed by atoms with Crippen molar-refractivity contribution in [3.05, 3.63) is 0 Å². The van der Waals surface area contributed by atoms with Crippen LogP contribution in [0.2, 0.25) is 0 Å². The maximum Gasteiger partial charge on any atom is 0.0615 e. The molecule has 0 heterocycles. The lowest BCUT2D eigenvalue weighted by Crippen LogP contribution is -2.62. The number of hydrogen-bond acceptors (Lipinski definition) is 4. The first-order chi connectivity index (χ1) is 18.3. The highest BCUT2D eigenvalue weighted by atomic mass is 16.5. The van der Waals surface area contributed by atoms with Gasteiger partial charge in [-0.15, -0.1) is 0 Å². The molecule has 0 aromatic carbocycles. The van der Waals surface area contributed by atoms with Crippen molar-refractivity contribution in [3.8, 4) is 0 Å². The van der Waals surface area contributed by atoms with Crippen LogP contribution in [0.15, 0.2) is 0 Å². The van der Waals surface area contributed by atoms with Crippen LogP contribution in [0.5, 0.6) is 0 Å². The highest BCUT2D eigenvalue weighted by Gasteiger charge is 2.66. The van der Waals surface area contributed by atoms with Crippen LogP contribution in [0.25, 0.3) is 0 Å². The Kier molecular flexibility index (Phi) is 10.3. The van der Waals surface area contributed by atoms with E-state index in [0.29, 0.717) is 71.3 Å². The maximum absolute atomic E-state index is 6.94. The maximum atomic E-state index is 6.94. The summed E-state index contributed by atoms with van der Waals surface area (Å²) in [6, 6.07) is 0. The Morgan fingerprint density at radius 3 is 1.97 bits per heavy atom. The zero-order valence-corrected chi connectivity index (χ0v) is 27.5. The molecule has 0 aromatic rings. The minimum Gasteiger partial charge on any atom is -0.379 e. The Labute approximate surface area is 242 Å². The first kappa shape index (κ1) is 31.8. The third kappa shape index (κ3) is 6.45. The quantitative estimate of drug-likeness (QED) is 0.259. The van der Waals surface area contributed by atoms with Crippen molar-refractivity contribution in [1.29, 1.82) is 0 Å². The van der Waals surface area contributed by atoms with Crippen LogP contribution in [0, 0.1) is 52.3 Å². The summed E-state index contributed by atoms with van der Waals surface area (Å²) in [6.45, 7) is 27.2. The Balaban J connectivity index is 1.69. The van der Waals surface area contributed by atoms with Crippen molar-refractivity contribution in [2.75, 3.05) is 13.2 Å². The fraction of sp³-hybridized carbons (Fsp3) is 1.00. The van der Waals surface area contributed by atoms with Gasteiger partial charge in [-0.1, -0.05) is 20.8 Å². The van der Waals surface area contributed by atoms with Gasteiger partial charge in [0, 0.05) is 6.61 Å². The monoisotopic (exact) mass is 548 g/mol. The van der Waals surface area contributed by atoms with E-state index in [2.05, 4.69) is 76.2 Å². The van der Waals surface area contributed by atoms with E-state index in [-0.39, 0.29) is 17.6 Å². The zero-order chi connectivity index (χ0) is 28.7. The smallest absolute Gasteiger partial charge is 0.0615 e. The molecule has 11 atom stereocenters. The van der Waals surface area contributed by atoms with Crippen molar-refractivity contribution in [3.63, 3.8) is 0 Å². The van der Waals surface area contributed by atoms with Gasteiger partial charge in [0.25, 0.3) is 0 Å². The first-order valence-electron chi connectivity index (χ1n) is 16.8. The Morgan fingerprint density at radius 2 is 1.36 bits per heavy atom. The fourth-order valence-electron chi connectivity index (χ4n) is 10.3. The second kappa shape index (κ2) is 12.6. The highest BCUT2D eigenvalue weighted by Crippen LogP contribution is 2.70. The normalized spacial score (nSPS) is 43.2. The summed E-state index contributed by atoms with van der Waals surface area (Å²) in [5, 5.41) is 0. The molecule has 0 spiro atoms. The molecule has 4 heteroatoms. The van der Waals surface area contributed by atoms with Crippen LogP contribution < -0.4 is 0 Å². The van der Waals surface area contributed by atoms with E-state index in [4.69, 9.17) is 18.9 Å². The zero-order valence-electron chi connectivity index (χ0n) is 27.5. The second-order valence-corrected chi connectivity index (χ2v) is 15.8. The summed E-state index contributed by atoms with van der Waals surface area (Å²) >= 11 is 0. The van der Waals surface area contributed by atoms with Crippen LogP contribution in [0.4, 0.5) is 0 Å². The van der Waals surface area contributed by atoms with Crippen molar-refractivity contribution in [2.45, 2.75) is 158 Å².